The van der Waals surface area contributed by atoms with E-state index < -0.39 is 0 Å². The summed E-state index contributed by atoms with van der Waals surface area (Å²) in [7, 11) is 2.26. The summed E-state index contributed by atoms with van der Waals surface area (Å²) in [6, 6.07) is 0.541. The van der Waals surface area contributed by atoms with Gasteiger partial charge in [0, 0.05) is 10.8 Å². The second kappa shape index (κ2) is 5.19. The van der Waals surface area contributed by atoms with Crippen molar-refractivity contribution < 1.29 is 0 Å². The molecule has 2 aliphatic rings. The molecule has 1 fully saturated rings. The molecule has 2 heteroatoms. The van der Waals surface area contributed by atoms with Crippen LogP contribution in [-0.4, -0.2) is 22.1 Å². The van der Waals surface area contributed by atoms with E-state index in [-0.39, 0.29) is 0 Å². The fourth-order valence-corrected chi connectivity index (χ4v) is 4.67. The van der Waals surface area contributed by atoms with Gasteiger partial charge in [-0.05, 0) is 47.1 Å². The Morgan fingerprint density at radius 3 is 2.53 bits per heavy atom. The number of likely N-dealkylation sites (N-methyl/N-ethyl adjacent to an activating group) is 1. The van der Waals surface area contributed by atoms with Gasteiger partial charge in [-0.2, -0.15) is 0 Å². The van der Waals surface area contributed by atoms with Crippen LogP contribution in [0.15, 0.2) is 23.3 Å². The van der Waals surface area contributed by atoms with Gasteiger partial charge in [-0.25, -0.2) is 4.31 Å². The van der Waals surface area contributed by atoms with Gasteiger partial charge in [-0.15, -0.1) is 0 Å². The van der Waals surface area contributed by atoms with Gasteiger partial charge in [0.2, 0.25) is 0 Å². The summed E-state index contributed by atoms with van der Waals surface area (Å²) in [6.45, 7) is 6.86. The van der Waals surface area contributed by atoms with Crippen LogP contribution in [0, 0.1) is 0 Å². The van der Waals surface area contributed by atoms with Crippen molar-refractivity contribution in [2.45, 2.75) is 63.7 Å². The average molecular weight is 251 g/mol. The Hall–Kier alpha value is -0.210. The molecule has 1 nitrogen and oxygen atoms in total. The van der Waals surface area contributed by atoms with Crippen LogP contribution in [0.2, 0.25) is 0 Å². The van der Waals surface area contributed by atoms with Crippen molar-refractivity contribution >= 4 is 11.9 Å². The molecule has 0 aromatic heterocycles. The van der Waals surface area contributed by atoms with E-state index in [0.29, 0.717) is 10.8 Å². The van der Waals surface area contributed by atoms with Crippen molar-refractivity contribution in [1.82, 2.24) is 4.31 Å². The first-order valence-corrected chi connectivity index (χ1v) is 7.56. The number of hydrogen-bond donors (Lipinski definition) is 0. The Bertz CT molecular complexity index is 337. The van der Waals surface area contributed by atoms with Crippen molar-refractivity contribution in [3.05, 3.63) is 23.3 Å². The Kier molecular flexibility index (Phi) is 4.04. The van der Waals surface area contributed by atoms with Crippen LogP contribution in [0.5, 0.6) is 0 Å². The summed E-state index contributed by atoms with van der Waals surface area (Å²) >= 11 is 2.11. The highest BCUT2D eigenvalue weighted by Crippen LogP contribution is 2.48. The van der Waals surface area contributed by atoms with Crippen molar-refractivity contribution in [2.24, 2.45) is 0 Å². The van der Waals surface area contributed by atoms with Gasteiger partial charge in [0.05, 0.1) is 0 Å². The quantitative estimate of drug-likeness (QED) is 0.580. The molecule has 0 aromatic rings. The largest absolute Gasteiger partial charge is 0.246 e. The van der Waals surface area contributed by atoms with E-state index in [4.69, 9.17) is 0 Å². The van der Waals surface area contributed by atoms with Crippen LogP contribution < -0.4 is 0 Å². The van der Waals surface area contributed by atoms with E-state index in [1.165, 1.54) is 37.7 Å². The molecule has 1 saturated carbocycles. The molecular formula is C15H25NS. The van der Waals surface area contributed by atoms with Crippen LogP contribution in [0.4, 0.5) is 0 Å². The minimum absolute atomic E-state index is 0.488. The number of allylic oxidation sites excluding steroid dienone is 3. The van der Waals surface area contributed by atoms with E-state index in [0.717, 1.165) is 0 Å². The molecule has 1 aliphatic carbocycles. The summed E-state index contributed by atoms with van der Waals surface area (Å²) in [5.41, 5.74) is 3.01. The minimum Gasteiger partial charge on any atom is -0.246 e. The molecule has 96 valence electrons. The smallest absolute Gasteiger partial charge is 0.0380 e. The maximum atomic E-state index is 2.48. The Balaban J connectivity index is 2.25. The fraction of sp³-hybridized carbons (Fsp3) is 0.733. The van der Waals surface area contributed by atoms with Crippen LogP contribution in [0.3, 0.4) is 0 Å². The lowest BCUT2D eigenvalue weighted by Crippen LogP contribution is -2.31. The highest BCUT2D eigenvalue weighted by Gasteiger charge is 2.37. The van der Waals surface area contributed by atoms with Crippen LogP contribution in [0.1, 0.15) is 52.9 Å². The normalized spacial score (nSPS) is 36.6. The molecule has 1 spiro atoms. The topological polar surface area (TPSA) is 3.24 Å². The molecular weight excluding hydrogens is 226 g/mol. The Morgan fingerprint density at radius 1 is 1.24 bits per heavy atom. The molecule has 0 N–H and O–H groups in total. The Morgan fingerprint density at radius 2 is 1.88 bits per heavy atom. The van der Waals surface area contributed by atoms with Gasteiger partial charge < -0.3 is 0 Å². The maximum absolute atomic E-state index is 2.48. The summed E-state index contributed by atoms with van der Waals surface area (Å²) in [5.74, 6) is 0. The monoisotopic (exact) mass is 251 g/mol. The number of rotatable bonds is 0. The van der Waals surface area contributed by atoms with Gasteiger partial charge in [0.15, 0.2) is 0 Å². The van der Waals surface area contributed by atoms with Gasteiger partial charge in [-0.1, -0.05) is 48.1 Å². The van der Waals surface area contributed by atoms with Crippen molar-refractivity contribution in [3.8, 4) is 0 Å². The second-order valence-corrected chi connectivity index (χ2v) is 7.43. The standard InChI is InChI=1S/C15H25NS/c1-12-7-8-13(2)14(3)16(4)17-15(11-12)9-5-6-10-15/h7-8,14H,5-6,9-11H2,1-4H3/b12-7-,13-8-. The lowest BCUT2D eigenvalue weighted by atomic mass is 9.97. The van der Waals surface area contributed by atoms with Gasteiger partial charge >= 0.3 is 0 Å². The first-order chi connectivity index (χ1) is 8.02. The van der Waals surface area contributed by atoms with Crippen molar-refractivity contribution in [2.75, 3.05) is 7.05 Å². The minimum atomic E-state index is 0.488. The van der Waals surface area contributed by atoms with E-state index in [1.54, 1.807) is 5.57 Å². The third-order valence-electron chi connectivity index (χ3n) is 4.29. The van der Waals surface area contributed by atoms with Crippen molar-refractivity contribution in [3.63, 3.8) is 0 Å². The third kappa shape index (κ3) is 2.97. The summed E-state index contributed by atoms with van der Waals surface area (Å²) in [5, 5.41) is 0. The fourth-order valence-electron chi connectivity index (χ4n) is 2.97. The number of hydrogen-bond acceptors (Lipinski definition) is 2. The summed E-state index contributed by atoms with van der Waals surface area (Å²) in [6.07, 6.45) is 11.5. The van der Waals surface area contributed by atoms with Crippen LogP contribution >= 0.6 is 11.9 Å². The van der Waals surface area contributed by atoms with E-state index >= 15 is 0 Å². The molecule has 1 unspecified atom stereocenters. The predicted octanol–water partition coefficient (Wildman–Crippen LogP) is 4.56. The summed E-state index contributed by atoms with van der Waals surface area (Å²) in [4.78, 5) is 0. The molecule has 17 heavy (non-hydrogen) atoms. The molecule has 2 rings (SSSR count). The number of nitrogens with zero attached hydrogens (tertiary/aromatic N) is 1. The highest BCUT2D eigenvalue weighted by molar-refractivity contribution is 7.98. The zero-order valence-electron chi connectivity index (χ0n) is 11.6. The lowest BCUT2D eigenvalue weighted by Gasteiger charge is -2.35. The zero-order chi connectivity index (χ0) is 12.5. The highest BCUT2D eigenvalue weighted by atomic mass is 32.2. The van der Waals surface area contributed by atoms with E-state index in [2.05, 4.69) is 56.2 Å². The molecule has 1 atom stereocenters. The van der Waals surface area contributed by atoms with Crippen LogP contribution in [0.25, 0.3) is 0 Å². The molecule has 1 aliphatic heterocycles. The maximum Gasteiger partial charge on any atom is 0.0380 e. The van der Waals surface area contributed by atoms with E-state index in [9.17, 15) is 0 Å². The zero-order valence-corrected chi connectivity index (χ0v) is 12.4. The van der Waals surface area contributed by atoms with Crippen molar-refractivity contribution in [1.29, 1.82) is 0 Å². The predicted molar refractivity (Wildman–Crippen MR) is 78.1 cm³/mol. The first-order valence-electron chi connectivity index (χ1n) is 6.78. The third-order valence-corrected chi connectivity index (χ3v) is 5.83. The van der Waals surface area contributed by atoms with Gasteiger partial charge in [-0.3, -0.25) is 0 Å². The SMILES string of the molecule is C/C1=C/C=C(/C)C(C)N(C)SC2(CCCC2)C1. The molecule has 0 aromatic carbocycles. The average Bonchev–Trinajstić information content (AvgIpc) is 2.72. The van der Waals surface area contributed by atoms with Gasteiger partial charge in [0.1, 0.15) is 0 Å². The van der Waals surface area contributed by atoms with Gasteiger partial charge in [0.25, 0.3) is 0 Å². The second-order valence-electron chi connectivity index (χ2n) is 5.80. The molecule has 0 amide bonds. The molecule has 1 heterocycles. The Labute approximate surface area is 110 Å². The van der Waals surface area contributed by atoms with E-state index in [1.807, 2.05) is 0 Å². The lowest BCUT2D eigenvalue weighted by molar-refractivity contribution is 0.467. The van der Waals surface area contributed by atoms with Crippen LogP contribution in [-0.2, 0) is 0 Å². The molecule has 0 saturated heterocycles. The summed E-state index contributed by atoms with van der Waals surface area (Å²) < 4.78 is 2.96. The first kappa shape index (κ1) is 13.2. The molecule has 0 radical (unpaired) electrons. The molecule has 0 bridgehead atoms.